The van der Waals surface area contributed by atoms with Crippen LogP contribution in [0, 0.1) is 11.7 Å². The molecule has 2 atom stereocenters. The number of carbonyl (C=O) groups is 1. The van der Waals surface area contributed by atoms with E-state index in [1.54, 1.807) is 0 Å². The maximum atomic E-state index is 14.5. The number of thiocarbonyl (C=S) groups is 1. The Morgan fingerprint density at radius 1 is 1.21 bits per heavy atom. The van der Waals surface area contributed by atoms with Crippen LogP contribution in [0.2, 0.25) is 0 Å². The number of benzene rings is 1. The maximum Gasteiger partial charge on any atom is 0.369 e. The van der Waals surface area contributed by atoms with Gasteiger partial charge >= 0.3 is 6.03 Å². The highest BCUT2D eigenvalue weighted by Gasteiger charge is 2.52. The van der Waals surface area contributed by atoms with Gasteiger partial charge in [-0.1, -0.05) is 51.6 Å². The third-order valence-corrected chi connectivity index (χ3v) is 5.28. The molecule has 2 unspecified atom stereocenters. The quantitative estimate of drug-likeness (QED) is 0.319. The number of rotatable bonds is 3. The average Bonchev–Trinajstić information content (AvgIpc) is 2.81. The molecule has 130 valence electrons. The minimum Gasteiger partial charge on any atom is -0.272 e. The Hall–Kier alpha value is -1.02. The van der Waals surface area contributed by atoms with Gasteiger partial charge in [0, 0.05) is 11.6 Å². The van der Waals surface area contributed by atoms with Gasteiger partial charge in [0.2, 0.25) is 0 Å². The predicted octanol–water partition coefficient (Wildman–Crippen LogP) is 4.82. The summed E-state index contributed by atoms with van der Waals surface area (Å²) in [7, 11) is 0. The standard InChI is InChI=1S/C15H15Cl2F2N3OS/c16-14(17)21-13(11-3-1-2-4-12(11)24)20(15(23)22(21)19)10-7-5-9(18)6-8-10/h5-8,11,13-14H,1-4H2. The molecule has 2 aliphatic rings. The number of hydrogen-bond donors (Lipinski definition) is 0. The molecule has 0 spiro atoms. The lowest BCUT2D eigenvalue weighted by Crippen LogP contribution is -2.50. The van der Waals surface area contributed by atoms with Gasteiger partial charge in [-0.25, -0.2) is 9.18 Å². The van der Waals surface area contributed by atoms with Crippen LogP contribution < -0.4 is 4.90 Å². The second-order valence-electron chi connectivity index (χ2n) is 5.78. The minimum absolute atomic E-state index is 0.0874. The molecular formula is C15H15Cl2F2N3OS. The Morgan fingerprint density at radius 3 is 2.46 bits per heavy atom. The van der Waals surface area contributed by atoms with Gasteiger partial charge in [0.15, 0.2) is 4.96 Å². The molecule has 0 aromatic heterocycles. The van der Waals surface area contributed by atoms with E-state index in [-0.39, 0.29) is 11.1 Å². The van der Waals surface area contributed by atoms with Crippen molar-refractivity contribution in [1.82, 2.24) is 10.2 Å². The Kier molecular flexibility index (Phi) is 5.24. The molecule has 0 bridgehead atoms. The van der Waals surface area contributed by atoms with E-state index >= 15 is 0 Å². The summed E-state index contributed by atoms with van der Waals surface area (Å²) >= 11 is 17.3. The third kappa shape index (κ3) is 3.10. The van der Waals surface area contributed by atoms with Crippen LogP contribution in [0.4, 0.5) is 19.4 Å². The van der Waals surface area contributed by atoms with Gasteiger partial charge in [-0.05, 0) is 48.4 Å². The highest BCUT2D eigenvalue weighted by atomic mass is 35.5. The molecule has 2 amide bonds. The maximum absolute atomic E-state index is 14.5. The number of hydrazine groups is 1. The number of halogens is 4. The van der Waals surface area contributed by atoms with E-state index in [0.717, 1.165) is 29.1 Å². The summed E-state index contributed by atoms with van der Waals surface area (Å²) in [6, 6.07) is 4.33. The third-order valence-electron chi connectivity index (χ3n) is 4.37. The number of urea groups is 1. The zero-order valence-electron chi connectivity index (χ0n) is 12.5. The molecule has 1 saturated heterocycles. The molecule has 0 radical (unpaired) electrons. The van der Waals surface area contributed by atoms with Crippen molar-refractivity contribution in [3.05, 3.63) is 30.1 Å². The first kappa shape index (κ1) is 17.8. The smallest absolute Gasteiger partial charge is 0.272 e. The lowest BCUT2D eigenvalue weighted by Gasteiger charge is -2.37. The van der Waals surface area contributed by atoms with Crippen LogP contribution in [0.3, 0.4) is 0 Å². The molecule has 2 fully saturated rings. The van der Waals surface area contributed by atoms with Crippen molar-refractivity contribution in [1.29, 1.82) is 0 Å². The fourth-order valence-corrected chi connectivity index (χ4v) is 4.04. The second-order valence-corrected chi connectivity index (χ2v) is 7.35. The van der Waals surface area contributed by atoms with E-state index in [4.69, 9.17) is 35.4 Å². The van der Waals surface area contributed by atoms with Gasteiger partial charge in [-0.2, -0.15) is 0 Å². The normalized spacial score (nSPS) is 25.9. The summed E-state index contributed by atoms with van der Waals surface area (Å²) < 4.78 is 27.7. The number of anilines is 1. The van der Waals surface area contributed by atoms with Crippen molar-refractivity contribution in [2.45, 2.75) is 36.8 Å². The van der Waals surface area contributed by atoms with Crippen molar-refractivity contribution in [2.75, 3.05) is 4.90 Å². The van der Waals surface area contributed by atoms with E-state index < -0.39 is 23.0 Å². The molecule has 1 aliphatic carbocycles. The van der Waals surface area contributed by atoms with Crippen LogP contribution in [0.25, 0.3) is 0 Å². The highest BCUT2D eigenvalue weighted by molar-refractivity contribution is 7.80. The van der Waals surface area contributed by atoms with Crippen LogP contribution in [-0.4, -0.2) is 32.3 Å². The molecule has 3 rings (SSSR count). The lowest BCUT2D eigenvalue weighted by molar-refractivity contribution is -0.117. The van der Waals surface area contributed by atoms with E-state index in [1.165, 1.54) is 29.2 Å². The fraction of sp³-hybridized carbons (Fsp3) is 0.467. The first-order valence-electron chi connectivity index (χ1n) is 7.55. The van der Waals surface area contributed by atoms with Crippen LogP contribution in [-0.2, 0) is 0 Å². The molecular weight excluding hydrogens is 379 g/mol. The topological polar surface area (TPSA) is 26.8 Å². The SMILES string of the molecule is O=C1N(c2ccc(F)cc2)C(C2CCCCC2=S)N(C(Cl)Cl)N1F. The number of carbonyl (C=O) groups excluding carboxylic acids is 1. The monoisotopic (exact) mass is 393 g/mol. The molecule has 1 aliphatic heterocycles. The molecule has 1 saturated carbocycles. The van der Waals surface area contributed by atoms with E-state index in [9.17, 15) is 13.7 Å². The number of amides is 2. The Balaban J connectivity index is 2.04. The van der Waals surface area contributed by atoms with Crippen molar-refractivity contribution in [3.63, 3.8) is 0 Å². The summed E-state index contributed by atoms with van der Waals surface area (Å²) in [5.74, 6) is -0.694. The van der Waals surface area contributed by atoms with Gasteiger partial charge in [0.05, 0.1) is 0 Å². The largest absolute Gasteiger partial charge is 0.369 e. The minimum atomic E-state index is -1.26. The summed E-state index contributed by atoms with van der Waals surface area (Å²) in [4.78, 5) is 13.2. The summed E-state index contributed by atoms with van der Waals surface area (Å²) in [5, 5.41) is 0.882. The predicted molar refractivity (Wildman–Crippen MR) is 92.9 cm³/mol. The first-order chi connectivity index (χ1) is 11.4. The second kappa shape index (κ2) is 7.07. The van der Waals surface area contributed by atoms with Crippen LogP contribution in [0.1, 0.15) is 25.7 Å². The van der Waals surface area contributed by atoms with Gasteiger partial charge in [-0.3, -0.25) is 4.90 Å². The number of alkyl halides is 2. The molecule has 9 heteroatoms. The summed E-state index contributed by atoms with van der Waals surface area (Å²) in [6.45, 7) is 0. The van der Waals surface area contributed by atoms with Crippen LogP contribution >= 0.6 is 35.4 Å². The van der Waals surface area contributed by atoms with Gasteiger partial charge in [0.25, 0.3) is 0 Å². The molecule has 0 N–H and O–H groups in total. The summed E-state index contributed by atoms with van der Waals surface area (Å²) in [5.41, 5.74) is 0.360. The van der Waals surface area contributed by atoms with E-state index in [2.05, 4.69) is 0 Å². The molecule has 24 heavy (non-hydrogen) atoms. The Bertz CT molecular complexity index is 646. The van der Waals surface area contributed by atoms with Gasteiger partial charge in [0.1, 0.15) is 12.0 Å². The van der Waals surface area contributed by atoms with Crippen molar-refractivity contribution < 1.29 is 13.7 Å². The van der Waals surface area contributed by atoms with Gasteiger partial charge in [-0.15, -0.1) is 5.01 Å². The van der Waals surface area contributed by atoms with Crippen molar-refractivity contribution >= 4 is 52.0 Å². The zero-order chi connectivity index (χ0) is 17.4. The number of hydrogen-bond acceptors (Lipinski definition) is 3. The molecule has 1 heterocycles. The number of nitrogens with zero attached hydrogens (tertiary/aromatic N) is 3. The molecule has 4 nitrogen and oxygen atoms in total. The van der Waals surface area contributed by atoms with Gasteiger partial charge < -0.3 is 0 Å². The fourth-order valence-electron chi connectivity index (χ4n) is 3.27. The molecule has 1 aromatic rings. The Morgan fingerprint density at radius 2 is 1.88 bits per heavy atom. The zero-order valence-corrected chi connectivity index (χ0v) is 14.9. The van der Waals surface area contributed by atoms with Crippen LogP contribution in [0.15, 0.2) is 24.3 Å². The summed E-state index contributed by atoms with van der Waals surface area (Å²) in [6.07, 6.45) is 2.55. The highest BCUT2D eigenvalue weighted by Crippen LogP contribution is 2.39. The lowest BCUT2D eigenvalue weighted by atomic mass is 9.86. The Labute approximate surface area is 153 Å². The molecule has 1 aromatic carbocycles. The van der Waals surface area contributed by atoms with Crippen molar-refractivity contribution in [3.8, 4) is 0 Å². The van der Waals surface area contributed by atoms with E-state index in [1.807, 2.05) is 0 Å². The van der Waals surface area contributed by atoms with Crippen molar-refractivity contribution in [2.24, 2.45) is 5.92 Å². The average molecular weight is 394 g/mol. The van der Waals surface area contributed by atoms with E-state index in [0.29, 0.717) is 12.1 Å². The van der Waals surface area contributed by atoms with Crippen LogP contribution in [0.5, 0.6) is 0 Å². The first-order valence-corrected chi connectivity index (χ1v) is 8.83.